The fourth-order valence-corrected chi connectivity index (χ4v) is 0.183. The normalized spacial score (nSPS) is 6.44. The van der Waals surface area contributed by atoms with Crippen LogP contribution in [0.4, 0.5) is 4.79 Å². The van der Waals surface area contributed by atoms with Crippen LogP contribution in [0.1, 0.15) is 0 Å². The van der Waals surface area contributed by atoms with Crippen molar-refractivity contribution in [3.8, 4) is 12.4 Å². The van der Waals surface area contributed by atoms with Crippen LogP contribution in [-0.2, 0) is 0 Å². The first kappa shape index (κ1) is 7.05. The monoisotopic (exact) mass is 125 g/mol. The number of nitriles is 2. The Bertz CT molecular complexity index is 171. The van der Waals surface area contributed by atoms with E-state index in [2.05, 4.69) is 5.73 Å². The number of carbonyl (C=O) groups is 1. The summed E-state index contributed by atoms with van der Waals surface area (Å²) < 4.78 is 0. The summed E-state index contributed by atoms with van der Waals surface area (Å²) in [6.07, 6.45) is 2.69. The molecule has 0 atom stereocenters. The lowest BCUT2D eigenvalue weighted by atomic mass is 11.0. The molecule has 0 bridgehead atoms. The highest BCUT2D eigenvalue weighted by molar-refractivity contribution is 5.71. The second kappa shape index (κ2) is 3.10. The average molecular weight is 125 g/mol. The molecule has 2 amide bonds. The fraction of sp³-hybridized carbons (Fsp3) is 0. The molecule has 0 saturated carbocycles. The predicted octanol–water partition coefficient (Wildman–Crippen LogP) is -1.17. The van der Waals surface area contributed by atoms with Gasteiger partial charge in [-0.2, -0.15) is 10.5 Å². The van der Waals surface area contributed by atoms with Crippen molar-refractivity contribution in [2.45, 2.75) is 0 Å². The third-order valence-electron chi connectivity index (χ3n) is 0.422. The van der Waals surface area contributed by atoms with Gasteiger partial charge in [0.2, 0.25) is 12.4 Å². The number of nitrogens with one attached hydrogen (secondary N) is 1. The van der Waals surface area contributed by atoms with E-state index in [-0.39, 0.29) is 0 Å². The first-order valence-electron chi connectivity index (χ1n) is 1.86. The molecule has 0 heterocycles. The van der Waals surface area contributed by atoms with Crippen molar-refractivity contribution in [3.05, 3.63) is 0 Å². The average Bonchev–Trinajstić information content (AvgIpc) is 1.82. The van der Waals surface area contributed by atoms with Gasteiger partial charge in [0.05, 0.1) is 0 Å². The fourth-order valence-electron chi connectivity index (χ4n) is 0.183. The minimum Gasteiger partial charge on any atom is -0.350 e. The lowest BCUT2D eigenvalue weighted by Crippen LogP contribution is -2.39. The van der Waals surface area contributed by atoms with Crippen molar-refractivity contribution in [2.24, 2.45) is 5.73 Å². The maximum absolute atomic E-state index is 9.89. The number of urea groups is 1. The Labute approximate surface area is 51.0 Å². The van der Waals surface area contributed by atoms with E-state index < -0.39 is 6.03 Å². The number of carbonyl (C=O) groups excluding carboxylic acids is 1. The summed E-state index contributed by atoms with van der Waals surface area (Å²) in [4.78, 5) is 9.89. The summed E-state index contributed by atoms with van der Waals surface area (Å²) in [5.41, 5.74) is 6.28. The molecule has 0 aliphatic rings. The smallest absolute Gasteiger partial charge is 0.332 e. The van der Waals surface area contributed by atoms with E-state index in [1.807, 2.05) is 0 Å². The predicted molar refractivity (Wildman–Crippen MR) is 25.8 cm³/mol. The van der Waals surface area contributed by atoms with Crippen LogP contribution >= 0.6 is 0 Å². The molecule has 0 aromatic heterocycles. The van der Waals surface area contributed by atoms with Crippen molar-refractivity contribution in [2.75, 3.05) is 0 Å². The topological polar surface area (TPSA) is 106 Å². The van der Waals surface area contributed by atoms with Crippen LogP contribution in [0.3, 0.4) is 0 Å². The summed E-state index contributed by atoms with van der Waals surface area (Å²) in [5.74, 6) is 0. The molecule has 0 aliphatic heterocycles. The molecule has 0 unspecified atom stereocenters. The van der Waals surface area contributed by atoms with Crippen molar-refractivity contribution in [1.29, 1.82) is 10.5 Å². The summed E-state index contributed by atoms with van der Waals surface area (Å²) >= 11 is 0. The van der Waals surface area contributed by atoms with Crippen molar-refractivity contribution in [3.63, 3.8) is 0 Å². The standard InChI is InChI=1S/C3H3N5O/c4-1-8(2-5)7-3(6)9/h(H3,6,7,9). The van der Waals surface area contributed by atoms with Crippen molar-refractivity contribution in [1.82, 2.24) is 10.4 Å². The van der Waals surface area contributed by atoms with Gasteiger partial charge in [-0.25, -0.2) is 10.2 Å². The number of hydrogen-bond acceptors (Lipinski definition) is 4. The number of hydrogen-bond donors (Lipinski definition) is 2. The Morgan fingerprint density at radius 3 is 2.11 bits per heavy atom. The van der Waals surface area contributed by atoms with Gasteiger partial charge in [-0.1, -0.05) is 0 Å². The van der Waals surface area contributed by atoms with E-state index in [0.29, 0.717) is 5.01 Å². The van der Waals surface area contributed by atoms with Gasteiger partial charge in [0.25, 0.3) is 0 Å². The molecule has 0 aromatic carbocycles. The van der Waals surface area contributed by atoms with Gasteiger partial charge >= 0.3 is 6.03 Å². The van der Waals surface area contributed by atoms with Gasteiger partial charge in [0, 0.05) is 0 Å². The van der Waals surface area contributed by atoms with E-state index in [1.54, 1.807) is 5.43 Å². The maximum Gasteiger partial charge on any atom is 0.332 e. The number of rotatable bonds is 1. The van der Waals surface area contributed by atoms with Crippen molar-refractivity contribution >= 4 is 6.03 Å². The Morgan fingerprint density at radius 2 is 2.00 bits per heavy atom. The number of nitrogens with zero attached hydrogens (tertiary/aromatic N) is 3. The molecule has 0 fully saturated rings. The Balaban J connectivity index is 3.78. The van der Waals surface area contributed by atoms with Gasteiger partial charge in [-0.05, 0) is 0 Å². The van der Waals surface area contributed by atoms with Gasteiger partial charge in [0.1, 0.15) is 0 Å². The minimum absolute atomic E-state index is 0.336. The summed E-state index contributed by atoms with van der Waals surface area (Å²) in [6, 6.07) is -0.946. The van der Waals surface area contributed by atoms with E-state index in [1.165, 1.54) is 12.4 Å². The Hall–Kier alpha value is -1.95. The number of primary amides is 1. The summed E-state index contributed by atoms with van der Waals surface area (Å²) in [7, 11) is 0. The molecule has 9 heavy (non-hydrogen) atoms. The third kappa shape index (κ3) is 2.71. The van der Waals surface area contributed by atoms with Crippen LogP contribution < -0.4 is 11.2 Å². The van der Waals surface area contributed by atoms with Gasteiger partial charge in [-0.15, -0.1) is 5.01 Å². The third-order valence-corrected chi connectivity index (χ3v) is 0.422. The molecule has 0 radical (unpaired) electrons. The molecular formula is C3H3N5O. The lowest BCUT2D eigenvalue weighted by Gasteiger charge is -2.01. The van der Waals surface area contributed by atoms with Crippen LogP contribution in [0, 0.1) is 22.9 Å². The van der Waals surface area contributed by atoms with Gasteiger partial charge < -0.3 is 5.73 Å². The molecule has 0 spiro atoms. The molecule has 0 saturated heterocycles. The van der Waals surface area contributed by atoms with Crippen LogP contribution in [0.5, 0.6) is 0 Å². The van der Waals surface area contributed by atoms with Crippen LogP contribution in [-0.4, -0.2) is 11.0 Å². The second-order valence-corrected chi connectivity index (χ2v) is 1.01. The zero-order valence-electron chi connectivity index (χ0n) is 4.33. The SMILES string of the molecule is N#CN(C#N)NC(N)=O. The summed E-state index contributed by atoms with van der Waals surface area (Å²) in [5, 5.41) is 16.3. The zero-order chi connectivity index (χ0) is 7.28. The maximum atomic E-state index is 9.89. The molecule has 0 aromatic rings. The first-order chi connectivity index (χ1) is 4.20. The van der Waals surface area contributed by atoms with Crippen LogP contribution in [0.25, 0.3) is 0 Å². The van der Waals surface area contributed by atoms with E-state index in [0.717, 1.165) is 0 Å². The molecule has 0 aliphatic carbocycles. The van der Waals surface area contributed by atoms with E-state index >= 15 is 0 Å². The highest BCUT2D eigenvalue weighted by Crippen LogP contribution is 1.69. The molecule has 46 valence electrons. The highest BCUT2D eigenvalue weighted by atomic mass is 16.2. The molecule has 6 nitrogen and oxygen atoms in total. The van der Waals surface area contributed by atoms with Crippen LogP contribution in [0.2, 0.25) is 0 Å². The Morgan fingerprint density at radius 1 is 1.56 bits per heavy atom. The quantitative estimate of drug-likeness (QED) is 0.261. The highest BCUT2D eigenvalue weighted by Gasteiger charge is 1.98. The minimum atomic E-state index is -0.946. The molecule has 3 N–H and O–H groups in total. The zero-order valence-corrected chi connectivity index (χ0v) is 4.33. The number of nitrogens with two attached hydrogens (primary N) is 1. The van der Waals surface area contributed by atoms with E-state index in [9.17, 15) is 4.79 Å². The number of hydrazine groups is 1. The van der Waals surface area contributed by atoms with Gasteiger partial charge in [-0.3, -0.25) is 0 Å². The molecule has 0 rings (SSSR count). The second-order valence-electron chi connectivity index (χ2n) is 1.01. The number of amides is 2. The first-order valence-corrected chi connectivity index (χ1v) is 1.86. The van der Waals surface area contributed by atoms with Gasteiger partial charge in [0.15, 0.2) is 0 Å². The van der Waals surface area contributed by atoms with E-state index in [4.69, 9.17) is 10.5 Å². The van der Waals surface area contributed by atoms with Crippen molar-refractivity contribution < 1.29 is 4.79 Å². The van der Waals surface area contributed by atoms with Crippen LogP contribution in [0.15, 0.2) is 0 Å². The Kier molecular flexibility index (Phi) is 2.43. The molecule has 6 heteroatoms. The lowest BCUT2D eigenvalue weighted by molar-refractivity contribution is 0.235. The largest absolute Gasteiger partial charge is 0.350 e. The molecular weight excluding hydrogens is 122 g/mol. The summed E-state index contributed by atoms with van der Waals surface area (Å²) in [6.45, 7) is 0.